The number of carbonyl (C=O) groups excluding carboxylic acids is 2. The highest BCUT2D eigenvalue weighted by Crippen LogP contribution is 2.45. The van der Waals surface area contributed by atoms with Crippen molar-refractivity contribution in [3.63, 3.8) is 0 Å². The van der Waals surface area contributed by atoms with Gasteiger partial charge in [-0.25, -0.2) is 4.98 Å². The van der Waals surface area contributed by atoms with Gasteiger partial charge in [0.05, 0.1) is 45.0 Å². The van der Waals surface area contributed by atoms with Gasteiger partial charge in [-0.2, -0.15) is 0 Å². The van der Waals surface area contributed by atoms with Crippen LogP contribution >= 0.6 is 0 Å². The van der Waals surface area contributed by atoms with Gasteiger partial charge in [-0.1, -0.05) is 12.1 Å². The maximum atomic E-state index is 13.0. The number of aromatic nitrogens is 2. The van der Waals surface area contributed by atoms with E-state index in [1.165, 1.54) is 21.3 Å². The van der Waals surface area contributed by atoms with Crippen molar-refractivity contribution in [3.8, 4) is 17.2 Å². The standard InChI is InChI=1S/C22H23N3O6/c1-5-31-21(27)18-19(12-10-16(29-3)17(30-4)11-15(12)28-2)25-14-9-7-6-8-13(14)23-22(25)24-20(18)26/h6-11,18-19H,5H2,1-4H3,(H,23,24,26)/t18-,19+/m0/s1. The molecule has 2 atom stereocenters. The van der Waals surface area contributed by atoms with Crippen LogP contribution in [-0.4, -0.2) is 49.4 Å². The summed E-state index contributed by atoms with van der Waals surface area (Å²) in [6.45, 7) is 1.85. The summed E-state index contributed by atoms with van der Waals surface area (Å²) < 4.78 is 23.5. The number of imidazole rings is 1. The SMILES string of the molecule is CCOC(=O)[C@@H]1C(=O)Nc2nc3ccccc3n2[C@@H]1c1cc(OC)c(OC)cc1OC. The Morgan fingerprint density at radius 1 is 1.06 bits per heavy atom. The van der Waals surface area contributed by atoms with Crippen LogP contribution in [0.25, 0.3) is 11.0 Å². The van der Waals surface area contributed by atoms with Gasteiger partial charge in [0.15, 0.2) is 17.4 Å². The minimum absolute atomic E-state index is 0.149. The van der Waals surface area contributed by atoms with Crippen LogP contribution in [0, 0.1) is 5.92 Å². The molecule has 2 aromatic carbocycles. The fourth-order valence-corrected chi connectivity index (χ4v) is 3.97. The topological polar surface area (TPSA) is 101 Å². The number of fused-ring (bicyclic) bond motifs is 3. The first-order valence-corrected chi connectivity index (χ1v) is 9.78. The minimum atomic E-state index is -1.16. The van der Waals surface area contributed by atoms with E-state index < -0.39 is 23.8 Å². The van der Waals surface area contributed by atoms with E-state index in [2.05, 4.69) is 10.3 Å². The van der Waals surface area contributed by atoms with Crippen LogP contribution in [0.3, 0.4) is 0 Å². The lowest BCUT2D eigenvalue weighted by Crippen LogP contribution is -2.43. The molecular formula is C22H23N3O6. The molecule has 0 radical (unpaired) electrons. The summed E-state index contributed by atoms with van der Waals surface area (Å²) >= 11 is 0. The minimum Gasteiger partial charge on any atom is -0.496 e. The van der Waals surface area contributed by atoms with E-state index in [1.54, 1.807) is 19.1 Å². The van der Waals surface area contributed by atoms with Crippen molar-refractivity contribution < 1.29 is 28.5 Å². The van der Waals surface area contributed by atoms with E-state index in [9.17, 15) is 9.59 Å². The molecule has 1 N–H and O–H groups in total. The van der Waals surface area contributed by atoms with Gasteiger partial charge in [0.1, 0.15) is 5.75 Å². The van der Waals surface area contributed by atoms with Crippen molar-refractivity contribution in [1.82, 2.24) is 9.55 Å². The lowest BCUT2D eigenvalue weighted by Gasteiger charge is -2.33. The van der Waals surface area contributed by atoms with Crippen molar-refractivity contribution in [2.45, 2.75) is 13.0 Å². The Balaban J connectivity index is 2.02. The van der Waals surface area contributed by atoms with Gasteiger partial charge in [-0.05, 0) is 25.1 Å². The van der Waals surface area contributed by atoms with Gasteiger partial charge in [-0.15, -0.1) is 0 Å². The molecule has 4 rings (SSSR count). The second-order valence-electron chi connectivity index (χ2n) is 6.91. The normalized spacial score (nSPS) is 17.6. The highest BCUT2D eigenvalue weighted by molar-refractivity contribution is 6.07. The predicted molar refractivity (Wildman–Crippen MR) is 113 cm³/mol. The Morgan fingerprint density at radius 3 is 2.42 bits per heavy atom. The summed E-state index contributed by atoms with van der Waals surface area (Å²) in [6.07, 6.45) is 0. The molecule has 0 saturated carbocycles. The number of ether oxygens (including phenoxy) is 4. The first kappa shape index (κ1) is 20.5. The maximum absolute atomic E-state index is 13.0. The summed E-state index contributed by atoms with van der Waals surface area (Å²) in [4.78, 5) is 30.5. The number of nitrogens with one attached hydrogen (secondary N) is 1. The molecule has 1 amide bonds. The fraction of sp³-hybridized carbons (Fsp3) is 0.318. The molecule has 0 fully saturated rings. The van der Waals surface area contributed by atoms with Gasteiger partial charge in [-0.3, -0.25) is 14.9 Å². The van der Waals surface area contributed by atoms with E-state index in [-0.39, 0.29) is 6.61 Å². The molecular weight excluding hydrogens is 402 g/mol. The third kappa shape index (κ3) is 3.31. The Bertz CT molecular complexity index is 1160. The molecule has 31 heavy (non-hydrogen) atoms. The average molecular weight is 425 g/mol. The molecule has 1 aliphatic rings. The monoisotopic (exact) mass is 425 g/mol. The van der Waals surface area contributed by atoms with E-state index in [4.69, 9.17) is 18.9 Å². The molecule has 0 aliphatic carbocycles. The Hall–Kier alpha value is -3.75. The Labute approximate surface area is 178 Å². The number of hydrogen-bond donors (Lipinski definition) is 1. The number of carbonyl (C=O) groups is 2. The lowest BCUT2D eigenvalue weighted by atomic mass is 9.89. The zero-order valence-electron chi connectivity index (χ0n) is 17.7. The van der Waals surface area contributed by atoms with Crippen molar-refractivity contribution in [2.24, 2.45) is 5.92 Å². The number of rotatable bonds is 6. The van der Waals surface area contributed by atoms with Crippen LogP contribution in [0.5, 0.6) is 17.2 Å². The third-order valence-electron chi connectivity index (χ3n) is 5.30. The third-order valence-corrected chi connectivity index (χ3v) is 5.30. The summed E-state index contributed by atoms with van der Waals surface area (Å²) in [5.41, 5.74) is 2.01. The number of amides is 1. The Kier molecular flexibility index (Phi) is 5.41. The number of anilines is 1. The zero-order valence-corrected chi connectivity index (χ0v) is 17.7. The number of para-hydroxylation sites is 2. The summed E-state index contributed by atoms with van der Waals surface area (Å²) in [6, 6.07) is 10.1. The van der Waals surface area contributed by atoms with Crippen LogP contribution in [0.1, 0.15) is 18.5 Å². The van der Waals surface area contributed by atoms with E-state index in [1.807, 2.05) is 28.8 Å². The van der Waals surface area contributed by atoms with Gasteiger partial charge in [0, 0.05) is 11.6 Å². The van der Waals surface area contributed by atoms with Gasteiger partial charge >= 0.3 is 5.97 Å². The predicted octanol–water partition coefficient (Wildman–Crippen LogP) is 2.78. The van der Waals surface area contributed by atoms with Crippen molar-refractivity contribution in [1.29, 1.82) is 0 Å². The molecule has 0 unspecified atom stereocenters. The number of benzene rings is 2. The van der Waals surface area contributed by atoms with Crippen molar-refractivity contribution in [3.05, 3.63) is 42.0 Å². The molecule has 162 valence electrons. The van der Waals surface area contributed by atoms with Crippen molar-refractivity contribution in [2.75, 3.05) is 33.3 Å². The van der Waals surface area contributed by atoms with Crippen LogP contribution in [0.4, 0.5) is 5.95 Å². The van der Waals surface area contributed by atoms with Gasteiger partial charge in [0.25, 0.3) is 0 Å². The summed E-state index contributed by atoms with van der Waals surface area (Å²) in [5.74, 6) is -0.598. The van der Waals surface area contributed by atoms with Crippen LogP contribution < -0.4 is 19.5 Å². The number of esters is 1. The molecule has 1 aromatic heterocycles. The first-order valence-electron chi connectivity index (χ1n) is 9.78. The summed E-state index contributed by atoms with van der Waals surface area (Å²) in [5, 5.41) is 2.74. The average Bonchev–Trinajstić information content (AvgIpc) is 3.15. The van der Waals surface area contributed by atoms with Crippen molar-refractivity contribution >= 4 is 28.9 Å². The smallest absolute Gasteiger partial charge is 0.321 e. The van der Waals surface area contributed by atoms with Crippen LogP contribution in [-0.2, 0) is 14.3 Å². The molecule has 1 aliphatic heterocycles. The largest absolute Gasteiger partial charge is 0.496 e. The van der Waals surface area contributed by atoms with Crippen LogP contribution in [0.15, 0.2) is 36.4 Å². The summed E-state index contributed by atoms with van der Waals surface area (Å²) in [7, 11) is 4.55. The highest BCUT2D eigenvalue weighted by Gasteiger charge is 2.45. The molecule has 0 saturated heterocycles. The second-order valence-corrected chi connectivity index (χ2v) is 6.91. The molecule has 9 nitrogen and oxygen atoms in total. The second kappa shape index (κ2) is 8.17. The van der Waals surface area contributed by atoms with E-state index in [0.717, 1.165) is 5.52 Å². The molecule has 9 heteroatoms. The number of nitrogens with zero attached hydrogens (tertiary/aromatic N) is 2. The molecule has 0 spiro atoms. The molecule has 0 bridgehead atoms. The Morgan fingerprint density at radius 2 is 1.74 bits per heavy atom. The molecule has 3 aromatic rings. The molecule has 2 heterocycles. The maximum Gasteiger partial charge on any atom is 0.321 e. The fourth-order valence-electron chi connectivity index (χ4n) is 3.97. The van der Waals surface area contributed by atoms with E-state index in [0.29, 0.717) is 34.3 Å². The zero-order chi connectivity index (χ0) is 22.1. The van der Waals surface area contributed by atoms with Gasteiger partial charge in [0.2, 0.25) is 11.9 Å². The first-order chi connectivity index (χ1) is 15.0. The highest BCUT2D eigenvalue weighted by atomic mass is 16.5. The number of methoxy groups -OCH3 is 3. The lowest BCUT2D eigenvalue weighted by molar-refractivity contribution is -0.152. The quantitative estimate of drug-likeness (QED) is 0.479. The number of hydrogen-bond acceptors (Lipinski definition) is 7. The van der Waals surface area contributed by atoms with Crippen LogP contribution in [0.2, 0.25) is 0 Å². The van der Waals surface area contributed by atoms with E-state index >= 15 is 0 Å². The van der Waals surface area contributed by atoms with Gasteiger partial charge < -0.3 is 23.5 Å².